The van der Waals surface area contributed by atoms with Gasteiger partial charge in [-0.3, -0.25) is 9.47 Å². The van der Waals surface area contributed by atoms with Gasteiger partial charge in [-0.1, -0.05) is 42.5 Å². The van der Waals surface area contributed by atoms with Gasteiger partial charge in [0.25, 0.3) is 6.43 Å². The number of imidazole rings is 1. The highest BCUT2D eigenvalue weighted by Crippen LogP contribution is 2.27. The highest BCUT2D eigenvalue weighted by molar-refractivity contribution is 5.77. The van der Waals surface area contributed by atoms with Crippen molar-refractivity contribution in [3.8, 4) is 5.95 Å². The summed E-state index contributed by atoms with van der Waals surface area (Å²) in [7, 11) is 0. The molecule has 0 aliphatic carbocycles. The maximum Gasteiger partial charge on any atom is 0.296 e. The number of ether oxygens (including phenoxy) is 2. The Morgan fingerprint density at radius 2 is 1.64 bits per heavy atom. The third-order valence-corrected chi connectivity index (χ3v) is 6.85. The minimum absolute atomic E-state index is 0.0831. The Labute approximate surface area is 224 Å². The van der Waals surface area contributed by atoms with Crippen molar-refractivity contribution in [1.82, 2.24) is 29.4 Å². The summed E-state index contributed by atoms with van der Waals surface area (Å²) in [4.78, 5) is 22.3. The van der Waals surface area contributed by atoms with Gasteiger partial charge in [-0.25, -0.2) is 13.8 Å². The van der Waals surface area contributed by atoms with Crippen molar-refractivity contribution in [1.29, 1.82) is 0 Å². The van der Waals surface area contributed by atoms with Crippen LogP contribution >= 0.6 is 0 Å². The molecule has 0 saturated carbocycles. The molecule has 10 nitrogen and oxygen atoms in total. The Morgan fingerprint density at radius 3 is 2.46 bits per heavy atom. The van der Waals surface area contributed by atoms with Crippen molar-refractivity contribution in [2.24, 2.45) is 0 Å². The van der Waals surface area contributed by atoms with Crippen LogP contribution in [0.1, 0.15) is 17.8 Å². The number of hydrogen-bond acceptors (Lipinski definition) is 9. The van der Waals surface area contributed by atoms with E-state index < -0.39 is 12.2 Å². The topological polar surface area (TPSA) is 93.5 Å². The number of alkyl halides is 2. The molecule has 2 aliphatic heterocycles. The average molecular weight is 537 g/mol. The quantitative estimate of drug-likeness (QED) is 0.364. The van der Waals surface area contributed by atoms with Gasteiger partial charge >= 0.3 is 0 Å². The van der Waals surface area contributed by atoms with Crippen LogP contribution in [0.25, 0.3) is 17.0 Å². The summed E-state index contributed by atoms with van der Waals surface area (Å²) in [6.07, 6.45) is -2.89. The Bertz CT molecular complexity index is 1400. The zero-order valence-corrected chi connectivity index (χ0v) is 21.4. The molecule has 0 spiro atoms. The minimum atomic E-state index is -2.80. The number of fused-ring (bicyclic) bond motifs is 1. The van der Waals surface area contributed by atoms with Crippen molar-refractivity contribution >= 4 is 22.9 Å². The van der Waals surface area contributed by atoms with E-state index in [2.05, 4.69) is 42.3 Å². The third-order valence-electron chi connectivity index (χ3n) is 6.85. The van der Waals surface area contributed by atoms with Crippen LogP contribution in [0.4, 0.5) is 20.7 Å². The molecule has 2 aromatic heterocycles. The van der Waals surface area contributed by atoms with Gasteiger partial charge in [0, 0.05) is 39.3 Å². The summed E-state index contributed by atoms with van der Waals surface area (Å²) < 4.78 is 40.9. The number of hydrogen-bond donors (Lipinski definition) is 1. The summed E-state index contributed by atoms with van der Waals surface area (Å²) >= 11 is 0. The number of halogens is 2. The van der Waals surface area contributed by atoms with Gasteiger partial charge in [-0.15, -0.1) is 0 Å². The van der Waals surface area contributed by atoms with E-state index >= 15 is 0 Å². The van der Waals surface area contributed by atoms with E-state index in [1.165, 1.54) is 10.1 Å². The molecule has 2 saturated heterocycles. The van der Waals surface area contributed by atoms with E-state index in [1.807, 2.05) is 23.1 Å². The lowest BCUT2D eigenvalue weighted by Gasteiger charge is -2.33. The van der Waals surface area contributed by atoms with E-state index in [9.17, 15) is 8.78 Å². The van der Waals surface area contributed by atoms with Gasteiger partial charge in [0.05, 0.1) is 37.0 Å². The van der Waals surface area contributed by atoms with Crippen LogP contribution in [0.3, 0.4) is 0 Å². The lowest BCUT2D eigenvalue weighted by atomic mass is 10.2. The second-order valence-corrected chi connectivity index (χ2v) is 9.55. The number of rotatable bonds is 8. The first-order chi connectivity index (χ1) is 19.1. The van der Waals surface area contributed by atoms with Crippen LogP contribution in [0.5, 0.6) is 0 Å². The Balaban J connectivity index is 1.27. The lowest BCUT2D eigenvalue weighted by Crippen LogP contribution is -2.45. The summed E-state index contributed by atoms with van der Waals surface area (Å²) in [5.41, 5.74) is 2.21. The van der Waals surface area contributed by atoms with Crippen LogP contribution in [0.2, 0.25) is 0 Å². The molecule has 4 heterocycles. The van der Waals surface area contributed by atoms with E-state index in [4.69, 9.17) is 9.47 Å². The maximum atomic E-state index is 14.1. The van der Waals surface area contributed by atoms with Crippen LogP contribution in [-0.4, -0.2) is 88.1 Å². The normalized spacial score (nSPS) is 18.6. The molecular formula is C27H30F2N8O2. The zero-order chi connectivity index (χ0) is 26.6. The molecule has 0 radical (unpaired) electrons. The van der Waals surface area contributed by atoms with Crippen LogP contribution in [0.15, 0.2) is 54.6 Å². The van der Waals surface area contributed by atoms with E-state index in [0.29, 0.717) is 62.4 Å². The monoisotopic (exact) mass is 536 g/mol. The fourth-order valence-electron chi connectivity index (χ4n) is 4.93. The first-order valence-corrected chi connectivity index (χ1v) is 13.1. The third kappa shape index (κ3) is 5.82. The number of benzene rings is 2. The van der Waals surface area contributed by atoms with Crippen molar-refractivity contribution < 1.29 is 18.3 Å². The predicted molar refractivity (Wildman–Crippen MR) is 142 cm³/mol. The molecule has 204 valence electrons. The number of nitrogens with one attached hydrogen (secondary N) is 1. The molecule has 0 bridgehead atoms. The number of anilines is 2. The predicted octanol–water partition coefficient (Wildman–Crippen LogP) is 3.30. The van der Waals surface area contributed by atoms with E-state index in [-0.39, 0.29) is 12.1 Å². The molecule has 1 N–H and O–H groups in total. The maximum absolute atomic E-state index is 14.1. The van der Waals surface area contributed by atoms with Gasteiger partial charge in [-0.2, -0.15) is 15.0 Å². The Morgan fingerprint density at radius 1 is 0.872 bits per heavy atom. The molecule has 2 aliphatic rings. The van der Waals surface area contributed by atoms with Crippen molar-refractivity contribution in [3.05, 3.63) is 66.0 Å². The first-order valence-electron chi connectivity index (χ1n) is 13.1. The molecule has 1 atom stereocenters. The van der Waals surface area contributed by atoms with Crippen LogP contribution < -0.4 is 10.2 Å². The van der Waals surface area contributed by atoms with E-state index in [0.717, 1.165) is 19.6 Å². The Kier molecular flexibility index (Phi) is 7.57. The van der Waals surface area contributed by atoms with Crippen molar-refractivity contribution in [2.75, 3.05) is 62.8 Å². The van der Waals surface area contributed by atoms with Crippen molar-refractivity contribution in [2.45, 2.75) is 19.1 Å². The minimum Gasteiger partial charge on any atom is -0.378 e. The SMILES string of the molecule is FC(F)c1nc2ccccc2n1-c1nc(NCC2CN(Cc3ccccc3)CCO2)nc(N2CCOCC2)n1. The number of morpholine rings is 2. The average Bonchev–Trinajstić information content (AvgIpc) is 3.37. The number of aromatic nitrogens is 5. The van der Waals surface area contributed by atoms with Gasteiger partial charge in [0.1, 0.15) is 0 Å². The van der Waals surface area contributed by atoms with Crippen molar-refractivity contribution in [3.63, 3.8) is 0 Å². The van der Waals surface area contributed by atoms with E-state index in [1.54, 1.807) is 24.3 Å². The fraction of sp³-hybridized carbons (Fsp3) is 0.407. The summed E-state index contributed by atoms with van der Waals surface area (Å²) in [6.45, 7) is 5.79. The standard InChI is InChI=1S/C27H30F2N8O2/c28-23(29)24-31-21-8-4-5-9-22(21)37(24)27-33-25(32-26(34-27)36-11-13-38-14-12-36)30-16-20-18-35(10-15-39-20)17-19-6-2-1-3-7-19/h1-9,20,23H,10-18H2,(H,30,32,33,34). The van der Waals surface area contributed by atoms with Crippen LogP contribution in [-0.2, 0) is 16.0 Å². The van der Waals surface area contributed by atoms with Gasteiger partial charge in [0.2, 0.25) is 17.8 Å². The summed E-state index contributed by atoms with van der Waals surface area (Å²) in [5.74, 6) is 0.379. The summed E-state index contributed by atoms with van der Waals surface area (Å²) in [6, 6.07) is 17.3. The number of nitrogens with zero attached hydrogens (tertiary/aromatic N) is 7. The van der Waals surface area contributed by atoms with Crippen LogP contribution in [0, 0.1) is 0 Å². The largest absolute Gasteiger partial charge is 0.378 e. The molecule has 12 heteroatoms. The van der Waals surface area contributed by atoms with Gasteiger partial charge in [0.15, 0.2) is 5.82 Å². The molecule has 4 aromatic rings. The highest BCUT2D eigenvalue weighted by atomic mass is 19.3. The smallest absolute Gasteiger partial charge is 0.296 e. The molecule has 1 unspecified atom stereocenters. The highest BCUT2D eigenvalue weighted by Gasteiger charge is 2.25. The lowest BCUT2D eigenvalue weighted by molar-refractivity contribution is -0.0241. The molecule has 2 aromatic carbocycles. The first kappa shape index (κ1) is 25.5. The second-order valence-electron chi connectivity index (χ2n) is 9.55. The number of para-hydroxylation sites is 2. The second kappa shape index (κ2) is 11.6. The molecular weight excluding hydrogens is 506 g/mol. The molecule has 0 amide bonds. The Hall–Kier alpha value is -3.74. The molecule has 2 fully saturated rings. The fourth-order valence-corrected chi connectivity index (χ4v) is 4.93. The summed E-state index contributed by atoms with van der Waals surface area (Å²) in [5, 5.41) is 3.28. The van der Waals surface area contributed by atoms with Gasteiger partial charge in [-0.05, 0) is 17.7 Å². The van der Waals surface area contributed by atoms with Gasteiger partial charge < -0.3 is 19.7 Å². The molecule has 39 heavy (non-hydrogen) atoms. The molecule has 6 rings (SSSR count). The zero-order valence-electron chi connectivity index (χ0n) is 21.4.